The van der Waals surface area contributed by atoms with E-state index in [1.54, 1.807) is 6.07 Å². The molecule has 5 heteroatoms. The smallest absolute Gasteiger partial charge is 0.139 e. The van der Waals surface area contributed by atoms with E-state index in [9.17, 15) is 5.11 Å². The van der Waals surface area contributed by atoms with E-state index in [1.807, 2.05) is 30.3 Å². The largest absolute Gasteiger partial charge is 0.506 e. The fraction of sp³-hybridized carbons (Fsp3) is 0.0769. The van der Waals surface area contributed by atoms with Crippen molar-refractivity contribution >= 4 is 55.8 Å². The minimum absolute atomic E-state index is 0.133. The van der Waals surface area contributed by atoms with Crippen LogP contribution in [0, 0.1) is 3.57 Å². The second kappa shape index (κ2) is 6.12. The van der Waals surface area contributed by atoms with Crippen LogP contribution >= 0.6 is 50.1 Å². The van der Waals surface area contributed by atoms with Crippen molar-refractivity contribution in [1.82, 2.24) is 0 Å². The third-order valence-corrected chi connectivity index (χ3v) is 4.14. The number of hydrogen-bond acceptors (Lipinski definition) is 2. The van der Waals surface area contributed by atoms with Crippen LogP contribution in [0.25, 0.3) is 0 Å². The number of nitrogens with one attached hydrogen (secondary N) is 1. The van der Waals surface area contributed by atoms with Gasteiger partial charge in [-0.3, -0.25) is 0 Å². The Morgan fingerprint density at radius 3 is 2.83 bits per heavy atom. The van der Waals surface area contributed by atoms with Crippen molar-refractivity contribution in [2.24, 2.45) is 0 Å². The van der Waals surface area contributed by atoms with Gasteiger partial charge in [0.1, 0.15) is 5.75 Å². The van der Waals surface area contributed by atoms with Gasteiger partial charge in [-0.05, 0) is 62.8 Å². The molecule has 0 atom stereocenters. The van der Waals surface area contributed by atoms with Crippen LogP contribution in [0.1, 0.15) is 5.56 Å². The SMILES string of the molecule is Oc1c(Cl)cccc1CNc1cc(I)ccc1Br. The Balaban J connectivity index is 2.16. The highest BCUT2D eigenvalue weighted by molar-refractivity contribution is 14.1. The standard InChI is InChI=1S/C13H10BrClINO/c14-10-5-4-9(16)6-12(10)17-7-8-2-1-3-11(15)13(8)18/h1-6,17-18H,7H2. The predicted octanol–water partition coefficient (Wildman–Crippen LogP) is 5.02. The number of hydrogen-bond donors (Lipinski definition) is 2. The highest BCUT2D eigenvalue weighted by Gasteiger charge is 2.06. The Morgan fingerprint density at radius 1 is 1.28 bits per heavy atom. The predicted molar refractivity (Wildman–Crippen MR) is 87.3 cm³/mol. The van der Waals surface area contributed by atoms with Gasteiger partial charge in [-0.2, -0.15) is 0 Å². The Bertz CT molecular complexity index is 575. The molecule has 0 radical (unpaired) electrons. The van der Waals surface area contributed by atoms with Crippen molar-refractivity contribution < 1.29 is 5.11 Å². The van der Waals surface area contributed by atoms with E-state index in [4.69, 9.17) is 11.6 Å². The first-order valence-electron chi connectivity index (χ1n) is 5.23. The molecule has 0 unspecified atom stereocenters. The lowest BCUT2D eigenvalue weighted by Gasteiger charge is -2.11. The molecule has 0 aliphatic carbocycles. The van der Waals surface area contributed by atoms with Gasteiger partial charge in [0.15, 0.2) is 0 Å². The molecule has 0 heterocycles. The van der Waals surface area contributed by atoms with Crippen LogP contribution in [0.2, 0.25) is 5.02 Å². The molecule has 2 aromatic carbocycles. The van der Waals surface area contributed by atoms with Crippen LogP contribution in [0.4, 0.5) is 5.69 Å². The van der Waals surface area contributed by atoms with Crippen LogP contribution in [0.15, 0.2) is 40.9 Å². The zero-order valence-corrected chi connectivity index (χ0v) is 13.8. The molecule has 0 amide bonds. The van der Waals surface area contributed by atoms with E-state index in [1.165, 1.54) is 0 Å². The molecular weight excluding hydrogens is 428 g/mol. The molecule has 2 rings (SSSR count). The minimum atomic E-state index is 0.133. The van der Waals surface area contributed by atoms with Crippen molar-refractivity contribution in [3.8, 4) is 5.75 Å². The summed E-state index contributed by atoms with van der Waals surface area (Å²) in [5, 5.41) is 13.5. The normalized spacial score (nSPS) is 10.4. The molecule has 0 bridgehead atoms. The second-order valence-electron chi connectivity index (χ2n) is 3.73. The molecule has 2 nitrogen and oxygen atoms in total. The zero-order valence-electron chi connectivity index (χ0n) is 9.25. The van der Waals surface area contributed by atoms with Gasteiger partial charge in [0.2, 0.25) is 0 Å². The molecule has 2 aromatic rings. The summed E-state index contributed by atoms with van der Waals surface area (Å²) in [6.45, 7) is 0.519. The Kier molecular flexibility index (Phi) is 4.75. The van der Waals surface area contributed by atoms with Crippen molar-refractivity contribution in [3.63, 3.8) is 0 Å². The molecular formula is C13H10BrClINO. The van der Waals surface area contributed by atoms with Crippen LogP contribution in [-0.2, 0) is 6.54 Å². The minimum Gasteiger partial charge on any atom is -0.506 e. The van der Waals surface area contributed by atoms with Crippen molar-refractivity contribution in [1.29, 1.82) is 0 Å². The Labute approximate surface area is 133 Å². The summed E-state index contributed by atoms with van der Waals surface area (Å²) in [5.74, 6) is 0.133. The van der Waals surface area contributed by atoms with Crippen LogP contribution in [0.3, 0.4) is 0 Å². The fourth-order valence-electron chi connectivity index (χ4n) is 1.53. The van der Waals surface area contributed by atoms with Crippen molar-refractivity contribution in [2.75, 3.05) is 5.32 Å². The van der Waals surface area contributed by atoms with E-state index in [-0.39, 0.29) is 5.75 Å². The van der Waals surface area contributed by atoms with E-state index >= 15 is 0 Å². The summed E-state index contributed by atoms with van der Waals surface area (Å²) in [4.78, 5) is 0. The average Bonchev–Trinajstić information content (AvgIpc) is 2.35. The van der Waals surface area contributed by atoms with E-state index in [0.717, 1.165) is 19.3 Å². The highest BCUT2D eigenvalue weighted by atomic mass is 127. The summed E-state index contributed by atoms with van der Waals surface area (Å²) < 4.78 is 2.14. The molecule has 2 N–H and O–H groups in total. The number of phenolic OH excluding ortho intramolecular Hbond substituents is 1. The number of rotatable bonds is 3. The maximum absolute atomic E-state index is 9.81. The van der Waals surface area contributed by atoms with Gasteiger partial charge >= 0.3 is 0 Å². The topological polar surface area (TPSA) is 32.3 Å². The van der Waals surface area contributed by atoms with Gasteiger partial charge in [0, 0.05) is 25.8 Å². The molecule has 0 aliphatic heterocycles. The molecule has 0 spiro atoms. The summed E-state index contributed by atoms with van der Waals surface area (Å²) in [7, 11) is 0. The van der Waals surface area contributed by atoms with E-state index < -0.39 is 0 Å². The van der Waals surface area contributed by atoms with Crippen LogP contribution < -0.4 is 5.32 Å². The summed E-state index contributed by atoms with van der Waals surface area (Å²) in [6, 6.07) is 11.4. The third-order valence-electron chi connectivity index (χ3n) is 2.47. The summed E-state index contributed by atoms with van der Waals surface area (Å²) >= 11 is 11.6. The Morgan fingerprint density at radius 2 is 2.06 bits per heavy atom. The van der Waals surface area contributed by atoms with Gasteiger partial charge in [-0.15, -0.1) is 0 Å². The molecule has 0 saturated carbocycles. The quantitative estimate of drug-likeness (QED) is 0.660. The number of phenols is 1. The van der Waals surface area contributed by atoms with Crippen molar-refractivity contribution in [3.05, 3.63) is 55.0 Å². The highest BCUT2D eigenvalue weighted by Crippen LogP contribution is 2.29. The van der Waals surface area contributed by atoms with Gasteiger partial charge in [0.25, 0.3) is 0 Å². The number of benzene rings is 2. The lowest BCUT2D eigenvalue weighted by molar-refractivity contribution is 0.469. The molecule has 0 fully saturated rings. The lowest BCUT2D eigenvalue weighted by Crippen LogP contribution is -2.00. The fourth-order valence-corrected chi connectivity index (χ4v) is 2.60. The second-order valence-corrected chi connectivity index (χ2v) is 6.23. The first kappa shape index (κ1) is 14.0. The van der Waals surface area contributed by atoms with Crippen LogP contribution in [-0.4, -0.2) is 5.11 Å². The van der Waals surface area contributed by atoms with E-state index in [0.29, 0.717) is 11.6 Å². The maximum Gasteiger partial charge on any atom is 0.139 e. The number of halogens is 3. The summed E-state index contributed by atoms with van der Waals surface area (Å²) in [6.07, 6.45) is 0. The molecule has 0 aliphatic rings. The molecule has 0 saturated heterocycles. The van der Waals surface area contributed by atoms with Gasteiger partial charge in [-0.1, -0.05) is 23.7 Å². The van der Waals surface area contributed by atoms with Crippen molar-refractivity contribution in [2.45, 2.75) is 6.54 Å². The number of anilines is 1. The Hall–Kier alpha value is -0.460. The average molecular weight is 438 g/mol. The zero-order chi connectivity index (χ0) is 13.1. The summed E-state index contributed by atoms with van der Waals surface area (Å²) in [5.41, 5.74) is 1.76. The first-order valence-corrected chi connectivity index (χ1v) is 7.48. The third kappa shape index (κ3) is 3.30. The maximum atomic E-state index is 9.81. The van der Waals surface area contributed by atoms with Crippen LogP contribution in [0.5, 0.6) is 5.75 Å². The molecule has 18 heavy (non-hydrogen) atoms. The van der Waals surface area contributed by atoms with E-state index in [2.05, 4.69) is 43.8 Å². The van der Waals surface area contributed by atoms with Gasteiger partial charge < -0.3 is 10.4 Å². The van der Waals surface area contributed by atoms with Gasteiger partial charge in [0.05, 0.1) is 5.02 Å². The van der Waals surface area contributed by atoms with Gasteiger partial charge in [-0.25, -0.2) is 0 Å². The molecule has 0 aromatic heterocycles. The monoisotopic (exact) mass is 437 g/mol. The lowest BCUT2D eigenvalue weighted by atomic mass is 10.2. The first-order chi connectivity index (χ1) is 8.58. The number of para-hydroxylation sites is 1. The molecule has 94 valence electrons. The number of aromatic hydroxyl groups is 1.